The highest BCUT2D eigenvalue weighted by atomic mass is 35.5. The molecule has 0 N–H and O–H groups in total. The summed E-state index contributed by atoms with van der Waals surface area (Å²) in [4.78, 5) is 5.15. The van der Waals surface area contributed by atoms with E-state index in [2.05, 4.69) is 15.2 Å². The maximum atomic E-state index is 13.2. The molecule has 0 bridgehead atoms. The maximum absolute atomic E-state index is 13.2. The number of rotatable bonds is 3. The Bertz CT molecular complexity index is 814. The molecule has 0 saturated heterocycles. The lowest BCUT2D eigenvalue weighted by molar-refractivity contribution is 0.627. The summed E-state index contributed by atoms with van der Waals surface area (Å²) < 4.78 is 13.2. The van der Waals surface area contributed by atoms with Crippen LogP contribution in [-0.4, -0.2) is 20.6 Å². The van der Waals surface area contributed by atoms with Gasteiger partial charge in [-0.25, -0.2) is 9.37 Å². The number of aromatic nitrogens is 3. The minimum Gasteiger partial charge on any atom is -0.221 e. The zero-order chi connectivity index (χ0) is 15.5. The van der Waals surface area contributed by atoms with E-state index >= 15 is 0 Å². The first-order chi connectivity index (χ1) is 10.6. The van der Waals surface area contributed by atoms with E-state index in [4.69, 9.17) is 23.2 Å². The highest BCUT2D eigenvalue weighted by molar-refractivity contribution is 6.37. The van der Waals surface area contributed by atoms with Gasteiger partial charge in [0.2, 0.25) is 0 Å². The number of nitrogens with zero attached hydrogens (tertiary/aromatic N) is 4. The van der Waals surface area contributed by atoms with E-state index in [0.717, 1.165) is 0 Å². The molecule has 0 fully saturated rings. The first-order valence-electron chi connectivity index (χ1n) is 6.28. The molecule has 1 aromatic heterocycles. The van der Waals surface area contributed by atoms with Crippen molar-refractivity contribution >= 4 is 28.9 Å². The van der Waals surface area contributed by atoms with Crippen LogP contribution in [0.2, 0.25) is 10.0 Å². The van der Waals surface area contributed by atoms with Gasteiger partial charge in [-0.3, -0.25) is 0 Å². The van der Waals surface area contributed by atoms with E-state index in [9.17, 15) is 4.39 Å². The van der Waals surface area contributed by atoms with Crippen LogP contribution >= 0.6 is 23.2 Å². The monoisotopic (exact) mass is 334 g/mol. The molecule has 4 nitrogen and oxygen atoms in total. The predicted molar refractivity (Wildman–Crippen MR) is 83.9 cm³/mol. The second-order valence-corrected chi connectivity index (χ2v) is 5.24. The average molecular weight is 335 g/mol. The Labute approximate surface area is 135 Å². The summed E-state index contributed by atoms with van der Waals surface area (Å²) in [6, 6.07) is 11.0. The number of halogens is 3. The normalized spacial score (nSPS) is 11.7. The summed E-state index contributed by atoms with van der Waals surface area (Å²) in [5.41, 5.74) is 1.89. The van der Waals surface area contributed by atoms with Crippen molar-refractivity contribution in [1.29, 1.82) is 0 Å². The lowest BCUT2D eigenvalue weighted by Gasteiger charge is -2.09. The van der Waals surface area contributed by atoms with Crippen molar-refractivity contribution in [1.82, 2.24) is 14.9 Å². The second kappa shape index (κ2) is 6.25. The van der Waals surface area contributed by atoms with Crippen LogP contribution in [0.1, 0.15) is 11.1 Å². The first kappa shape index (κ1) is 14.7. The van der Waals surface area contributed by atoms with Gasteiger partial charge < -0.3 is 0 Å². The smallest absolute Gasteiger partial charge is 0.139 e. The molecule has 0 unspecified atom stereocenters. The Hall–Kier alpha value is -2.24. The first-order valence-corrected chi connectivity index (χ1v) is 7.04. The van der Waals surface area contributed by atoms with Crippen molar-refractivity contribution in [2.45, 2.75) is 0 Å². The number of benzene rings is 2. The van der Waals surface area contributed by atoms with E-state index in [0.29, 0.717) is 26.9 Å². The van der Waals surface area contributed by atoms with Crippen LogP contribution in [0.4, 0.5) is 4.39 Å². The van der Waals surface area contributed by atoms with E-state index in [1.807, 2.05) is 0 Å². The van der Waals surface area contributed by atoms with Gasteiger partial charge in [-0.15, -0.1) is 15.0 Å². The third-order valence-electron chi connectivity index (χ3n) is 2.91. The van der Waals surface area contributed by atoms with Gasteiger partial charge in [0.15, 0.2) is 0 Å². The fraction of sp³-hybridized carbons (Fsp3) is 0. The molecule has 22 heavy (non-hydrogen) atoms. The van der Waals surface area contributed by atoms with Gasteiger partial charge >= 0.3 is 0 Å². The Kier molecular flexibility index (Phi) is 4.18. The van der Waals surface area contributed by atoms with E-state index in [-0.39, 0.29) is 5.82 Å². The van der Waals surface area contributed by atoms with Gasteiger partial charge in [-0.2, -0.15) is 0 Å². The Morgan fingerprint density at radius 1 is 1.09 bits per heavy atom. The molecule has 3 rings (SSSR count). The zero-order valence-corrected chi connectivity index (χ0v) is 12.6. The van der Waals surface area contributed by atoms with Crippen LogP contribution < -0.4 is 0 Å². The largest absolute Gasteiger partial charge is 0.221 e. The molecular weight excluding hydrogens is 326 g/mol. The van der Waals surface area contributed by atoms with Crippen molar-refractivity contribution in [3.05, 3.63) is 82.1 Å². The third-order valence-corrected chi connectivity index (χ3v) is 3.46. The summed E-state index contributed by atoms with van der Waals surface area (Å²) in [5, 5.41) is 9.30. The Balaban J connectivity index is 2.16. The minimum atomic E-state index is -0.328. The topological polar surface area (TPSA) is 43.1 Å². The molecule has 0 radical (unpaired) electrons. The maximum Gasteiger partial charge on any atom is 0.139 e. The van der Waals surface area contributed by atoms with Crippen LogP contribution in [0.15, 0.2) is 60.2 Å². The fourth-order valence-corrected chi connectivity index (χ4v) is 2.41. The van der Waals surface area contributed by atoms with Gasteiger partial charge in [-0.05, 0) is 42.5 Å². The van der Waals surface area contributed by atoms with Crippen molar-refractivity contribution in [2.75, 3.05) is 0 Å². The molecular formula is C15H9Cl2FN4. The predicted octanol–water partition coefficient (Wildman–Crippen LogP) is 4.02. The van der Waals surface area contributed by atoms with Gasteiger partial charge in [0.25, 0.3) is 0 Å². The molecule has 7 heteroatoms. The molecule has 0 aliphatic carbocycles. The highest BCUT2D eigenvalue weighted by Crippen LogP contribution is 2.24. The molecule has 3 aromatic rings. The van der Waals surface area contributed by atoms with Crippen LogP contribution in [0.5, 0.6) is 0 Å². The van der Waals surface area contributed by atoms with Crippen molar-refractivity contribution in [3.8, 4) is 0 Å². The summed E-state index contributed by atoms with van der Waals surface area (Å²) in [6.45, 7) is 0. The van der Waals surface area contributed by atoms with Crippen molar-refractivity contribution < 1.29 is 4.39 Å². The average Bonchev–Trinajstić information content (AvgIpc) is 2.99. The van der Waals surface area contributed by atoms with E-state index in [1.54, 1.807) is 30.3 Å². The SMILES string of the molecule is Fc1ccc(/C(=N/n2cncn2)c2ccc(Cl)cc2Cl)cc1. The Morgan fingerprint density at radius 2 is 1.86 bits per heavy atom. The third kappa shape index (κ3) is 3.16. The molecule has 0 aliphatic heterocycles. The lowest BCUT2D eigenvalue weighted by atomic mass is 10.0. The fourth-order valence-electron chi connectivity index (χ4n) is 1.91. The quantitative estimate of drug-likeness (QED) is 0.679. The van der Waals surface area contributed by atoms with Crippen molar-refractivity contribution in [3.63, 3.8) is 0 Å². The van der Waals surface area contributed by atoms with Crippen LogP contribution in [0.25, 0.3) is 0 Å². The van der Waals surface area contributed by atoms with Gasteiger partial charge in [0, 0.05) is 16.1 Å². The molecule has 110 valence electrons. The highest BCUT2D eigenvalue weighted by Gasteiger charge is 2.12. The summed E-state index contributed by atoms with van der Waals surface area (Å²) in [7, 11) is 0. The van der Waals surface area contributed by atoms with Crippen LogP contribution in [0.3, 0.4) is 0 Å². The molecule has 0 saturated carbocycles. The molecule has 0 aliphatic rings. The summed E-state index contributed by atoms with van der Waals surface area (Å²) in [5.74, 6) is -0.328. The van der Waals surface area contributed by atoms with E-state index in [1.165, 1.54) is 29.6 Å². The minimum absolute atomic E-state index is 0.328. The van der Waals surface area contributed by atoms with Crippen molar-refractivity contribution in [2.24, 2.45) is 5.10 Å². The molecule has 0 amide bonds. The number of hydrogen-bond acceptors (Lipinski definition) is 3. The van der Waals surface area contributed by atoms with Gasteiger partial charge in [-0.1, -0.05) is 23.2 Å². The number of hydrogen-bond donors (Lipinski definition) is 0. The summed E-state index contributed by atoms with van der Waals surface area (Å²) >= 11 is 12.2. The van der Waals surface area contributed by atoms with Crippen LogP contribution in [-0.2, 0) is 0 Å². The van der Waals surface area contributed by atoms with Crippen LogP contribution in [0, 0.1) is 5.82 Å². The Morgan fingerprint density at radius 3 is 2.50 bits per heavy atom. The standard InChI is InChI=1S/C15H9Cl2FN4/c16-11-3-6-13(14(17)7-11)15(21-22-9-19-8-20-22)10-1-4-12(18)5-2-10/h1-9H/b21-15-. The molecule has 2 aromatic carbocycles. The van der Waals surface area contributed by atoms with Gasteiger partial charge in [0.05, 0.1) is 5.02 Å². The molecule has 0 atom stereocenters. The second-order valence-electron chi connectivity index (χ2n) is 4.40. The van der Waals surface area contributed by atoms with E-state index < -0.39 is 0 Å². The summed E-state index contributed by atoms with van der Waals surface area (Å²) in [6.07, 6.45) is 2.82. The van der Waals surface area contributed by atoms with Gasteiger partial charge in [0.1, 0.15) is 24.2 Å². The molecule has 0 spiro atoms. The molecule has 1 heterocycles. The zero-order valence-electron chi connectivity index (χ0n) is 11.1. The lowest BCUT2D eigenvalue weighted by Crippen LogP contribution is -2.08.